The molecule has 34 heavy (non-hydrogen) atoms. The minimum atomic E-state index is -0.304. The molecule has 0 aliphatic heterocycles. The lowest BCUT2D eigenvalue weighted by molar-refractivity contribution is -0.129. The summed E-state index contributed by atoms with van der Waals surface area (Å²) >= 11 is 0. The zero-order chi connectivity index (χ0) is 24.1. The first-order valence-electron chi connectivity index (χ1n) is 11.2. The third-order valence-electron chi connectivity index (χ3n) is 5.57. The number of hydrogen-bond donors (Lipinski definition) is 2. The molecule has 0 radical (unpaired) electrons. The Morgan fingerprint density at radius 2 is 1.97 bits per heavy atom. The lowest BCUT2D eigenvalue weighted by atomic mass is 10.1. The van der Waals surface area contributed by atoms with Crippen LogP contribution in [0.4, 0.5) is 11.6 Å². The number of carbonyl (C=O) groups is 2. The van der Waals surface area contributed by atoms with E-state index in [-0.39, 0.29) is 11.8 Å². The van der Waals surface area contributed by atoms with Crippen LogP contribution < -0.4 is 11.1 Å². The Kier molecular flexibility index (Phi) is 6.86. The molecule has 0 bridgehead atoms. The largest absolute Gasteiger partial charge is 0.382 e. The number of imidazole rings is 1. The molecule has 0 fully saturated rings. The lowest BCUT2D eigenvalue weighted by Gasteiger charge is -2.20. The first-order chi connectivity index (χ1) is 16.5. The number of unbranched alkanes of at least 4 members (excludes halogenated alkanes) is 2. The number of nitrogens with zero attached hydrogens (tertiary/aromatic N) is 5. The molecule has 0 aliphatic rings. The highest BCUT2D eigenvalue weighted by molar-refractivity contribution is 6.04. The second kappa shape index (κ2) is 10.2. The van der Waals surface area contributed by atoms with Crippen LogP contribution >= 0.6 is 0 Å². The van der Waals surface area contributed by atoms with Crippen molar-refractivity contribution in [2.24, 2.45) is 0 Å². The molecule has 176 valence electrons. The van der Waals surface area contributed by atoms with Crippen LogP contribution in [0.15, 0.2) is 53.5 Å². The molecular weight excluding hydrogens is 434 g/mol. The summed E-state index contributed by atoms with van der Waals surface area (Å²) in [6.45, 7) is 4.73. The van der Waals surface area contributed by atoms with Crippen molar-refractivity contribution >= 4 is 29.0 Å². The number of aromatic nitrogens is 4. The highest BCUT2D eigenvalue weighted by Gasteiger charge is 2.19. The number of fused-ring (bicyclic) bond motifs is 1. The number of anilines is 2. The molecule has 3 N–H and O–H groups in total. The van der Waals surface area contributed by atoms with Crippen molar-refractivity contribution in [3.8, 4) is 11.3 Å². The smallest absolute Gasteiger partial charge is 0.256 e. The number of benzene rings is 1. The summed E-state index contributed by atoms with van der Waals surface area (Å²) < 4.78 is 6.61. The molecule has 1 aromatic carbocycles. The molecule has 10 nitrogen and oxygen atoms in total. The minimum Gasteiger partial charge on any atom is -0.382 e. The minimum absolute atomic E-state index is 0.00101. The predicted octanol–water partition coefficient (Wildman–Crippen LogP) is 3.76. The van der Waals surface area contributed by atoms with E-state index in [1.54, 1.807) is 54.5 Å². The van der Waals surface area contributed by atoms with E-state index in [2.05, 4.69) is 22.4 Å². The van der Waals surface area contributed by atoms with Gasteiger partial charge in [0.15, 0.2) is 5.82 Å². The number of amides is 2. The Labute approximate surface area is 196 Å². The predicted molar refractivity (Wildman–Crippen MR) is 128 cm³/mol. The van der Waals surface area contributed by atoms with E-state index in [1.165, 1.54) is 6.26 Å². The molecule has 3 heterocycles. The third-order valence-corrected chi connectivity index (χ3v) is 5.57. The van der Waals surface area contributed by atoms with Gasteiger partial charge >= 0.3 is 0 Å². The second-order valence-electron chi connectivity index (χ2n) is 7.97. The van der Waals surface area contributed by atoms with Crippen LogP contribution in [0.5, 0.6) is 0 Å². The molecule has 0 spiro atoms. The van der Waals surface area contributed by atoms with Gasteiger partial charge in [-0.2, -0.15) is 0 Å². The van der Waals surface area contributed by atoms with Gasteiger partial charge in [0, 0.05) is 43.1 Å². The molecule has 0 atom stereocenters. The number of nitrogens with two attached hydrogens (primary N) is 1. The van der Waals surface area contributed by atoms with Gasteiger partial charge < -0.3 is 20.5 Å². The molecule has 4 rings (SSSR count). The number of hydrogen-bond acceptors (Lipinski definition) is 7. The van der Waals surface area contributed by atoms with Crippen molar-refractivity contribution in [3.05, 3.63) is 60.4 Å². The lowest BCUT2D eigenvalue weighted by Crippen LogP contribution is -2.30. The van der Waals surface area contributed by atoms with Gasteiger partial charge in [0.1, 0.15) is 29.1 Å². The van der Waals surface area contributed by atoms with Crippen LogP contribution in [0.25, 0.3) is 16.8 Å². The maximum Gasteiger partial charge on any atom is 0.256 e. The summed E-state index contributed by atoms with van der Waals surface area (Å²) in [6, 6.07) is 8.58. The third kappa shape index (κ3) is 4.90. The monoisotopic (exact) mass is 461 g/mol. The summed E-state index contributed by atoms with van der Waals surface area (Å²) in [7, 11) is 0. The maximum absolute atomic E-state index is 12.4. The van der Waals surface area contributed by atoms with Crippen LogP contribution in [0.3, 0.4) is 0 Å². The molecule has 2 amide bonds. The average molecular weight is 462 g/mol. The van der Waals surface area contributed by atoms with Crippen molar-refractivity contribution in [1.82, 2.24) is 24.4 Å². The standard InChI is InChI=1S/C24H27N7O3/c1-3-4-5-12-30(16(2)32)15-20-28-21(22-23(25)26-11-13-31(20)22)17-6-8-18(9-7-17)24(33)27-19-10-14-34-29-19/h6-11,13-14H,3-5,12,15H2,1-2H3,(H2,25,26)(H,27,29,33). The summed E-state index contributed by atoms with van der Waals surface area (Å²) in [5, 5.41) is 6.35. The second-order valence-corrected chi connectivity index (χ2v) is 7.97. The average Bonchev–Trinajstić information content (AvgIpc) is 3.47. The van der Waals surface area contributed by atoms with Gasteiger partial charge in [-0.1, -0.05) is 37.1 Å². The van der Waals surface area contributed by atoms with Gasteiger partial charge in [0.25, 0.3) is 5.91 Å². The van der Waals surface area contributed by atoms with Crippen molar-refractivity contribution in [3.63, 3.8) is 0 Å². The quantitative estimate of drug-likeness (QED) is 0.363. The van der Waals surface area contributed by atoms with E-state index in [1.807, 2.05) is 4.40 Å². The molecule has 0 unspecified atom stereocenters. The first kappa shape index (κ1) is 23.0. The number of rotatable bonds is 9. The molecule has 0 saturated carbocycles. The van der Waals surface area contributed by atoms with E-state index in [9.17, 15) is 9.59 Å². The van der Waals surface area contributed by atoms with Gasteiger partial charge in [0.05, 0.1) is 6.54 Å². The fraction of sp³-hybridized carbons (Fsp3) is 0.292. The molecule has 4 aromatic rings. The van der Waals surface area contributed by atoms with Gasteiger partial charge in [0.2, 0.25) is 5.91 Å². The zero-order valence-electron chi connectivity index (χ0n) is 19.2. The van der Waals surface area contributed by atoms with Crippen LogP contribution in [0.1, 0.15) is 49.3 Å². The SMILES string of the molecule is CCCCCN(Cc1nc(-c2ccc(C(=O)Nc3ccon3)cc2)c2c(N)nccn12)C(C)=O. The Balaban J connectivity index is 1.64. The van der Waals surface area contributed by atoms with Gasteiger partial charge in [-0.15, -0.1) is 0 Å². The number of carbonyl (C=O) groups excluding carboxylic acids is 2. The first-order valence-corrected chi connectivity index (χ1v) is 11.2. The highest BCUT2D eigenvalue weighted by Crippen LogP contribution is 2.29. The van der Waals surface area contributed by atoms with Gasteiger partial charge in [-0.25, -0.2) is 9.97 Å². The van der Waals surface area contributed by atoms with Crippen molar-refractivity contribution < 1.29 is 14.1 Å². The highest BCUT2D eigenvalue weighted by atomic mass is 16.5. The van der Waals surface area contributed by atoms with Crippen LogP contribution in [0.2, 0.25) is 0 Å². The molecule has 0 aliphatic carbocycles. The zero-order valence-corrected chi connectivity index (χ0v) is 19.2. The van der Waals surface area contributed by atoms with Crippen molar-refractivity contribution in [2.75, 3.05) is 17.6 Å². The van der Waals surface area contributed by atoms with Crippen LogP contribution in [-0.4, -0.2) is 42.8 Å². The fourth-order valence-corrected chi connectivity index (χ4v) is 3.75. The maximum atomic E-state index is 12.4. The van der Waals surface area contributed by atoms with Crippen molar-refractivity contribution in [2.45, 2.75) is 39.7 Å². The Morgan fingerprint density at radius 3 is 2.65 bits per heavy atom. The van der Waals surface area contributed by atoms with Crippen LogP contribution in [0, 0.1) is 0 Å². The molecule has 10 heteroatoms. The van der Waals surface area contributed by atoms with Crippen molar-refractivity contribution in [1.29, 1.82) is 0 Å². The molecule has 0 saturated heterocycles. The van der Waals surface area contributed by atoms with E-state index in [0.717, 1.165) is 24.8 Å². The summed E-state index contributed by atoms with van der Waals surface area (Å²) in [6.07, 6.45) is 7.87. The van der Waals surface area contributed by atoms with E-state index in [0.29, 0.717) is 47.3 Å². The molecule has 3 aromatic heterocycles. The number of nitrogen functional groups attached to an aromatic ring is 1. The van der Waals surface area contributed by atoms with E-state index < -0.39 is 0 Å². The summed E-state index contributed by atoms with van der Waals surface area (Å²) in [5.74, 6) is 1.06. The van der Waals surface area contributed by atoms with Gasteiger partial charge in [-0.05, 0) is 18.6 Å². The summed E-state index contributed by atoms with van der Waals surface area (Å²) in [5.41, 5.74) is 8.76. The van der Waals surface area contributed by atoms with Gasteiger partial charge in [-0.3, -0.25) is 14.0 Å². The van der Waals surface area contributed by atoms with E-state index >= 15 is 0 Å². The van der Waals surface area contributed by atoms with E-state index in [4.69, 9.17) is 15.2 Å². The fourth-order valence-electron chi connectivity index (χ4n) is 3.75. The normalized spacial score (nSPS) is 11.0. The molecular formula is C24H27N7O3. The topological polar surface area (TPSA) is 132 Å². The summed E-state index contributed by atoms with van der Waals surface area (Å²) in [4.78, 5) is 35.5. The Morgan fingerprint density at radius 1 is 1.18 bits per heavy atom. The Bertz CT molecular complexity index is 1280. The number of nitrogens with one attached hydrogen (secondary N) is 1. The Hall–Kier alpha value is -4.21. The van der Waals surface area contributed by atoms with Crippen LogP contribution in [-0.2, 0) is 11.3 Å².